The number of aromatic nitrogens is 2. The first-order valence-electron chi connectivity index (χ1n) is 10.8. The number of anilines is 1. The second-order valence-corrected chi connectivity index (χ2v) is 10.2. The van der Waals surface area contributed by atoms with Gasteiger partial charge in [-0.3, -0.25) is 8.99 Å². The van der Waals surface area contributed by atoms with Crippen LogP contribution in [0.25, 0.3) is 4.72 Å². The van der Waals surface area contributed by atoms with E-state index in [-0.39, 0.29) is 42.5 Å². The summed E-state index contributed by atoms with van der Waals surface area (Å²) >= 11 is 0. The second kappa shape index (κ2) is 10.3. The molecule has 0 saturated heterocycles. The monoisotopic (exact) mass is 467 g/mol. The number of rotatable bonds is 8. The van der Waals surface area contributed by atoms with E-state index >= 15 is 0 Å². The van der Waals surface area contributed by atoms with E-state index in [0.29, 0.717) is 12.2 Å². The predicted molar refractivity (Wildman–Crippen MR) is 121 cm³/mol. The molecule has 0 unspecified atom stereocenters. The fourth-order valence-corrected chi connectivity index (χ4v) is 5.81. The van der Waals surface area contributed by atoms with Gasteiger partial charge in [0.2, 0.25) is 0 Å². The Balaban J connectivity index is 0.00000289. The zero-order valence-electron chi connectivity index (χ0n) is 19.5. The molecule has 168 valence electrons. The summed E-state index contributed by atoms with van der Waals surface area (Å²) in [5.74, 6) is -0.604. The molecule has 0 atom stereocenters. The van der Waals surface area contributed by atoms with E-state index in [2.05, 4.69) is 15.9 Å². The molecule has 0 bridgehead atoms. The minimum absolute atomic E-state index is 0. The standard InChI is InChI=1S/C22H31N5O3S.Na/c1-25(2)10-11-27(18-14-23-26(3)15-18)31(29,30)24-22(28)13-21-19-8-4-6-16(19)12-17-7-5-9-20(17)21;/h12,14-15H,4-11,13H2,1-3H3,(H,24,28);/q;+1/p-1. The molecule has 1 heterocycles. The fraction of sp³-hybridized carbons (Fsp3) is 0.545. The first-order chi connectivity index (χ1) is 14.7. The zero-order valence-corrected chi connectivity index (χ0v) is 22.3. The van der Waals surface area contributed by atoms with Crippen LogP contribution in [0.3, 0.4) is 0 Å². The Hall–Kier alpha value is -1.39. The summed E-state index contributed by atoms with van der Waals surface area (Å²) in [7, 11) is 1.28. The summed E-state index contributed by atoms with van der Waals surface area (Å²) in [5, 5.41) is 4.07. The minimum atomic E-state index is -4.18. The predicted octanol–water partition coefficient (Wildman–Crippen LogP) is -0.843. The molecule has 4 rings (SSSR count). The largest absolute Gasteiger partial charge is 1.00 e. The first-order valence-corrected chi connectivity index (χ1v) is 12.2. The number of amides is 1. The molecule has 0 spiro atoms. The molecule has 10 heteroatoms. The van der Waals surface area contributed by atoms with Crippen molar-refractivity contribution >= 4 is 21.8 Å². The Morgan fingerprint density at radius 2 is 1.72 bits per heavy atom. The van der Waals surface area contributed by atoms with Gasteiger partial charge in [-0.15, -0.1) is 0 Å². The van der Waals surface area contributed by atoms with Gasteiger partial charge in [0, 0.05) is 32.8 Å². The molecule has 0 N–H and O–H groups in total. The van der Waals surface area contributed by atoms with Gasteiger partial charge in [0.05, 0.1) is 17.8 Å². The van der Waals surface area contributed by atoms with Crippen molar-refractivity contribution in [3.05, 3.63) is 51.0 Å². The van der Waals surface area contributed by atoms with Crippen molar-refractivity contribution in [1.29, 1.82) is 0 Å². The molecule has 2 aliphatic rings. The number of carbonyl (C=O) groups excluding carboxylic acids is 1. The van der Waals surface area contributed by atoms with Crippen LogP contribution < -0.4 is 33.9 Å². The SMILES string of the molecule is CN(C)CCN(c1cnn(C)c1)S(=O)(=O)[N-]C(=O)Cc1c2c(cc3c1CCC3)CCC2.[Na+]. The maximum absolute atomic E-state index is 13.1. The smallest absolute Gasteiger partial charge is 0.528 e. The molecule has 1 aromatic carbocycles. The first kappa shape index (κ1) is 25.2. The molecule has 1 aromatic heterocycles. The van der Waals surface area contributed by atoms with E-state index in [1.807, 2.05) is 19.0 Å². The van der Waals surface area contributed by atoms with Crippen molar-refractivity contribution in [3.63, 3.8) is 0 Å². The van der Waals surface area contributed by atoms with Gasteiger partial charge >= 0.3 is 29.6 Å². The number of hydrogen-bond donors (Lipinski definition) is 0. The van der Waals surface area contributed by atoms with Gasteiger partial charge < -0.3 is 14.4 Å². The van der Waals surface area contributed by atoms with Gasteiger partial charge in [0.25, 0.3) is 0 Å². The van der Waals surface area contributed by atoms with Crippen LogP contribution in [0.15, 0.2) is 18.5 Å². The van der Waals surface area contributed by atoms with Gasteiger partial charge in [0.1, 0.15) is 0 Å². The van der Waals surface area contributed by atoms with Crippen LogP contribution in [-0.2, 0) is 54.2 Å². The Morgan fingerprint density at radius 3 is 2.25 bits per heavy atom. The normalized spacial score (nSPS) is 14.8. The molecule has 32 heavy (non-hydrogen) atoms. The minimum Gasteiger partial charge on any atom is -0.528 e. The van der Waals surface area contributed by atoms with Gasteiger partial charge in [-0.2, -0.15) is 5.10 Å². The van der Waals surface area contributed by atoms with E-state index in [1.165, 1.54) is 33.1 Å². The van der Waals surface area contributed by atoms with Crippen molar-refractivity contribution in [2.45, 2.75) is 44.9 Å². The summed E-state index contributed by atoms with van der Waals surface area (Å²) in [5.41, 5.74) is 6.59. The van der Waals surface area contributed by atoms with Gasteiger partial charge in [-0.05, 0) is 80.4 Å². The Bertz CT molecular complexity index is 1060. The number of nitrogens with zero attached hydrogens (tertiary/aromatic N) is 5. The summed E-state index contributed by atoms with van der Waals surface area (Å²) < 4.78 is 32.6. The van der Waals surface area contributed by atoms with Crippen LogP contribution in [0.4, 0.5) is 5.69 Å². The van der Waals surface area contributed by atoms with Crippen molar-refractivity contribution in [2.75, 3.05) is 31.5 Å². The summed E-state index contributed by atoms with van der Waals surface area (Å²) in [6.07, 6.45) is 9.33. The molecule has 0 radical (unpaired) electrons. The Morgan fingerprint density at radius 1 is 1.09 bits per heavy atom. The van der Waals surface area contributed by atoms with Crippen LogP contribution in [0.1, 0.15) is 40.7 Å². The fourth-order valence-electron chi connectivity index (χ4n) is 4.71. The second-order valence-electron chi connectivity index (χ2n) is 8.72. The number of fused-ring (bicyclic) bond motifs is 2. The van der Waals surface area contributed by atoms with Crippen LogP contribution in [0.2, 0.25) is 0 Å². The van der Waals surface area contributed by atoms with Crippen LogP contribution in [0, 0.1) is 0 Å². The molecule has 2 aromatic rings. The van der Waals surface area contributed by atoms with Crippen molar-refractivity contribution < 1.29 is 42.8 Å². The average molecular weight is 468 g/mol. The number of benzene rings is 1. The molecule has 2 aliphatic carbocycles. The molecule has 0 fully saturated rings. The van der Waals surface area contributed by atoms with E-state index < -0.39 is 16.1 Å². The third kappa shape index (κ3) is 5.39. The van der Waals surface area contributed by atoms with Crippen molar-refractivity contribution in [1.82, 2.24) is 14.7 Å². The number of hydrogen-bond acceptors (Lipinski definition) is 5. The van der Waals surface area contributed by atoms with Gasteiger partial charge in [-0.1, -0.05) is 6.07 Å². The maximum Gasteiger partial charge on any atom is 1.00 e. The molecule has 8 nitrogen and oxygen atoms in total. The number of aryl methyl sites for hydroxylation is 3. The molecule has 0 aliphatic heterocycles. The van der Waals surface area contributed by atoms with E-state index in [9.17, 15) is 13.2 Å². The van der Waals surface area contributed by atoms with Crippen molar-refractivity contribution in [3.8, 4) is 0 Å². The van der Waals surface area contributed by atoms with Crippen LogP contribution >= 0.6 is 0 Å². The Kier molecular flexibility index (Phi) is 8.09. The maximum atomic E-state index is 13.1. The quantitative estimate of drug-likeness (QED) is 0.472. The van der Waals surface area contributed by atoms with Gasteiger partial charge in [-0.25, -0.2) is 8.42 Å². The average Bonchev–Trinajstić information content (AvgIpc) is 3.41. The Labute approximate surface area is 212 Å². The van der Waals surface area contributed by atoms with E-state index in [0.717, 1.165) is 48.4 Å². The number of carbonyl (C=O) groups is 1. The number of likely N-dealkylation sites (N-methyl/N-ethyl adjacent to an activating group) is 1. The topological polar surface area (TPSA) is 89.6 Å². The van der Waals surface area contributed by atoms with Crippen molar-refractivity contribution in [2.24, 2.45) is 7.05 Å². The van der Waals surface area contributed by atoms with E-state index in [1.54, 1.807) is 13.2 Å². The molecule has 1 amide bonds. The van der Waals surface area contributed by atoms with Gasteiger partial charge in [0.15, 0.2) is 10.2 Å². The third-order valence-electron chi connectivity index (χ3n) is 6.15. The molecular formula is C22H30N5NaO3S. The van der Waals surface area contributed by atoms with Crippen LogP contribution in [0.5, 0.6) is 0 Å². The summed E-state index contributed by atoms with van der Waals surface area (Å²) in [4.78, 5) is 14.8. The zero-order chi connectivity index (χ0) is 22.2. The van der Waals surface area contributed by atoms with E-state index in [4.69, 9.17) is 0 Å². The molecular weight excluding hydrogens is 437 g/mol. The molecule has 0 saturated carbocycles. The summed E-state index contributed by atoms with van der Waals surface area (Å²) in [6.45, 7) is 0.686. The van der Waals surface area contributed by atoms with Crippen LogP contribution in [-0.4, -0.2) is 56.2 Å². The summed E-state index contributed by atoms with van der Waals surface area (Å²) in [6, 6.07) is 2.30. The third-order valence-corrected chi connectivity index (χ3v) is 7.54.